The Balaban J connectivity index is 1.30. The SMILES string of the molecule is CO[C@H]1CC(c2ncc(CCC(=O)O)s2)N(C(=O)Cc2cc(Cl)c(NC(=O)c3csc4ccccc34)cc2F)C1. The second-order valence-electron chi connectivity index (χ2n) is 9.41. The van der Waals surface area contributed by atoms with E-state index in [0.717, 1.165) is 21.0 Å². The topological polar surface area (TPSA) is 109 Å². The minimum atomic E-state index is -0.890. The molecule has 208 valence electrons. The van der Waals surface area contributed by atoms with Gasteiger partial charge in [0.15, 0.2) is 0 Å². The van der Waals surface area contributed by atoms with Crippen molar-refractivity contribution in [2.75, 3.05) is 19.0 Å². The van der Waals surface area contributed by atoms with Crippen molar-refractivity contribution in [1.82, 2.24) is 9.88 Å². The lowest BCUT2D eigenvalue weighted by molar-refractivity contribution is -0.137. The first-order valence-electron chi connectivity index (χ1n) is 12.5. The molecule has 3 heterocycles. The first-order chi connectivity index (χ1) is 19.2. The van der Waals surface area contributed by atoms with E-state index in [4.69, 9.17) is 21.4 Å². The van der Waals surface area contributed by atoms with Crippen molar-refractivity contribution in [3.8, 4) is 0 Å². The molecule has 1 fully saturated rings. The molecule has 4 aromatic rings. The normalized spacial score (nSPS) is 16.9. The molecule has 2 N–H and O–H groups in total. The smallest absolute Gasteiger partial charge is 0.303 e. The molecule has 40 heavy (non-hydrogen) atoms. The number of thiophene rings is 1. The third-order valence-electron chi connectivity index (χ3n) is 6.81. The quantitative estimate of drug-likeness (QED) is 0.245. The van der Waals surface area contributed by atoms with Crippen LogP contribution in [0.5, 0.6) is 0 Å². The molecular weight excluding hydrogens is 577 g/mol. The van der Waals surface area contributed by atoms with Gasteiger partial charge in [-0.1, -0.05) is 29.8 Å². The predicted molar refractivity (Wildman–Crippen MR) is 153 cm³/mol. The molecule has 0 spiro atoms. The molecule has 5 rings (SSSR count). The number of carboxylic acids is 1. The van der Waals surface area contributed by atoms with Crippen molar-refractivity contribution < 1.29 is 28.6 Å². The number of benzene rings is 2. The number of carbonyl (C=O) groups is 3. The Hall–Kier alpha value is -3.38. The van der Waals surface area contributed by atoms with E-state index in [9.17, 15) is 14.4 Å². The highest BCUT2D eigenvalue weighted by molar-refractivity contribution is 7.17. The molecule has 1 aliphatic heterocycles. The second kappa shape index (κ2) is 12.0. The fourth-order valence-electron chi connectivity index (χ4n) is 4.73. The van der Waals surface area contributed by atoms with Crippen molar-refractivity contribution >= 4 is 67.8 Å². The van der Waals surface area contributed by atoms with Gasteiger partial charge in [-0.05, 0) is 30.2 Å². The van der Waals surface area contributed by atoms with Crippen LogP contribution in [0, 0.1) is 5.82 Å². The third-order valence-corrected chi connectivity index (χ3v) is 9.24. The van der Waals surface area contributed by atoms with E-state index >= 15 is 4.39 Å². The summed E-state index contributed by atoms with van der Waals surface area (Å²) in [5.41, 5.74) is 0.693. The zero-order valence-electron chi connectivity index (χ0n) is 21.4. The molecule has 0 radical (unpaired) electrons. The molecule has 0 bridgehead atoms. The molecule has 2 atom stereocenters. The van der Waals surface area contributed by atoms with Crippen LogP contribution in [0.1, 0.15) is 44.7 Å². The Morgan fingerprint density at radius 2 is 2.08 bits per heavy atom. The summed E-state index contributed by atoms with van der Waals surface area (Å²) in [6, 6.07) is 9.63. The van der Waals surface area contributed by atoms with Crippen LogP contribution in [-0.4, -0.2) is 52.5 Å². The summed E-state index contributed by atoms with van der Waals surface area (Å²) >= 11 is 9.23. The molecule has 1 saturated heterocycles. The summed E-state index contributed by atoms with van der Waals surface area (Å²) in [5, 5.41) is 15.0. The molecule has 2 aromatic heterocycles. The minimum Gasteiger partial charge on any atom is -0.481 e. The van der Waals surface area contributed by atoms with Gasteiger partial charge in [-0.25, -0.2) is 9.37 Å². The van der Waals surface area contributed by atoms with E-state index in [0.29, 0.717) is 30.0 Å². The van der Waals surface area contributed by atoms with Crippen LogP contribution in [0.4, 0.5) is 10.1 Å². The van der Waals surface area contributed by atoms with Crippen molar-refractivity contribution in [2.45, 2.75) is 37.8 Å². The number of likely N-dealkylation sites (tertiary alicyclic amines) is 1. The largest absolute Gasteiger partial charge is 0.481 e. The van der Waals surface area contributed by atoms with Gasteiger partial charge in [0.2, 0.25) is 5.91 Å². The maximum Gasteiger partial charge on any atom is 0.303 e. The number of nitrogens with one attached hydrogen (secondary N) is 1. The third kappa shape index (κ3) is 6.02. The standard InChI is InChI=1S/C28H25ClFN3O5S2/c1-38-16-10-23(28-31-12-17(40-28)6-7-26(35)36)33(13-16)25(34)9-15-8-20(29)22(11-21(15)30)32-27(37)19-14-39-24-5-3-2-4-18(19)24/h2-5,8,11-12,14,16,23H,6-7,9-10,13H2,1H3,(H,32,37)(H,35,36)/t16-,23?/m0/s1. The van der Waals surface area contributed by atoms with E-state index in [-0.39, 0.29) is 47.2 Å². The zero-order valence-corrected chi connectivity index (χ0v) is 23.7. The number of ether oxygens (including phenoxy) is 1. The minimum absolute atomic E-state index is 0.00399. The van der Waals surface area contributed by atoms with E-state index in [1.807, 2.05) is 24.3 Å². The molecule has 2 aromatic carbocycles. The second-order valence-corrected chi connectivity index (χ2v) is 11.9. The van der Waals surface area contributed by atoms with Crippen LogP contribution in [0.3, 0.4) is 0 Å². The summed E-state index contributed by atoms with van der Waals surface area (Å²) in [4.78, 5) is 44.1. The molecule has 8 nitrogen and oxygen atoms in total. The number of rotatable bonds is 9. The number of aliphatic carboxylic acids is 1. The highest BCUT2D eigenvalue weighted by atomic mass is 35.5. The highest BCUT2D eigenvalue weighted by Gasteiger charge is 2.38. The highest BCUT2D eigenvalue weighted by Crippen LogP contribution is 2.37. The van der Waals surface area contributed by atoms with Crippen LogP contribution in [-0.2, 0) is 27.2 Å². The Morgan fingerprint density at radius 3 is 2.85 bits per heavy atom. The van der Waals surface area contributed by atoms with E-state index in [2.05, 4.69) is 10.3 Å². The zero-order chi connectivity index (χ0) is 28.4. The van der Waals surface area contributed by atoms with Gasteiger partial charge in [0.05, 0.1) is 41.3 Å². The number of methoxy groups -OCH3 is 1. The van der Waals surface area contributed by atoms with E-state index in [1.165, 1.54) is 28.7 Å². The van der Waals surface area contributed by atoms with Gasteiger partial charge in [-0.15, -0.1) is 22.7 Å². The van der Waals surface area contributed by atoms with Crippen molar-refractivity contribution in [2.24, 2.45) is 0 Å². The Morgan fingerprint density at radius 1 is 1.27 bits per heavy atom. The van der Waals surface area contributed by atoms with Gasteiger partial charge in [-0.2, -0.15) is 0 Å². The predicted octanol–water partition coefficient (Wildman–Crippen LogP) is 5.95. The number of halogens is 2. The number of fused-ring (bicyclic) bond motifs is 1. The van der Waals surface area contributed by atoms with Crippen LogP contribution in [0.25, 0.3) is 10.1 Å². The van der Waals surface area contributed by atoms with Gasteiger partial charge in [0.25, 0.3) is 5.91 Å². The number of carbonyl (C=O) groups excluding carboxylic acids is 2. The molecule has 12 heteroatoms. The number of thiazole rings is 1. The number of carboxylic acid groups (broad SMARTS) is 1. The van der Waals surface area contributed by atoms with E-state index < -0.39 is 17.7 Å². The molecule has 1 aliphatic rings. The average Bonchev–Trinajstić information content (AvgIpc) is 3.68. The Bertz CT molecular complexity index is 1590. The van der Waals surface area contributed by atoms with Gasteiger partial charge >= 0.3 is 5.97 Å². The van der Waals surface area contributed by atoms with E-state index in [1.54, 1.807) is 23.6 Å². The molecule has 1 unspecified atom stereocenters. The first kappa shape index (κ1) is 28.2. The van der Waals surface area contributed by atoms with Crippen LogP contribution >= 0.6 is 34.3 Å². The Labute approximate surface area is 242 Å². The number of amides is 2. The lowest BCUT2D eigenvalue weighted by Crippen LogP contribution is -2.33. The first-order valence-corrected chi connectivity index (χ1v) is 14.5. The average molecular weight is 602 g/mol. The fourth-order valence-corrected chi connectivity index (χ4v) is 6.94. The van der Waals surface area contributed by atoms with Crippen LogP contribution < -0.4 is 5.32 Å². The lowest BCUT2D eigenvalue weighted by Gasteiger charge is -2.23. The monoisotopic (exact) mass is 601 g/mol. The summed E-state index contributed by atoms with van der Waals surface area (Å²) < 4.78 is 21.6. The van der Waals surface area contributed by atoms with Crippen molar-refractivity contribution in [1.29, 1.82) is 0 Å². The number of hydrogen-bond donors (Lipinski definition) is 2. The van der Waals surface area contributed by atoms with Gasteiger partial charge in [0, 0.05) is 46.6 Å². The summed E-state index contributed by atoms with van der Waals surface area (Å²) in [5.74, 6) is -2.27. The fraction of sp³-hybridized carbons (Fsp3) is 0.286. The Kier molecular flexibility index (Phi) is 8.46. The lowest BCUT2D eigenvalue weighted by atomic mass is 10.1. The van der Waals surface area contributed by atoms with Crippen molar-refractivity contribution in [3.05, 3.63) is 79.8 Å². The molecule has 0 aliphatic carbocycles. The van der Waals surface area contributed by atoms with Crippen molar-refractivity contribution in [3.63, 3.8) is 0 Å². The maximum atomic E-state index is 15.2. The number of aromatic nitrogens is 1. The van der Waals surface area contributed by atoms with Gasteiger partial charge in [-0.3, -0.25) is 14.4 Å². The van der Waals surface area contributed by atoms with Crippen LogP contribution in [0.2, 0.25) is 5.02 Å². The molecular formula is C28H25ClFN3O5S2. The number of anilines is 1. The number of aryl methyl sites for hydroxylation is 1. The van der Waals surface area contributed by atoms with Crippen LogP contribution in [0.15, 0.2) is 48.0 Å². The number of hydrogen-bond acceptors (Lipinski definition) is 7. The molecule has 0 saturated carbocycles. The summed E-state index contributed by atoms with van der Waals surface area (Å²) in [6.45, 7) is 0.322. The summed E-state index contributed by atoms with van der Waals surface area (Å²) in [7, 11) is 1.57. The van der Waals surface area contributed by atoms with Gasteiger partial charge in [0.1, 0.15) is 10.8 Å². The maximum absolute atomic E-state index is 15.2. The molecule has 2 amide bonds. The van der Waals surface area contributed by atoms with Gasteiger partial charge < -0.3 is 20.1 Å². The summed E-state index contributed by atoms with van der Waals surface area (Å²) in [6.07, 6.45) is 2.07. The number of nitrogens with zero attached hydrogens (tertiary/aromatic N) is 2.